The molecule has 0 aliphatic rings. The van der Waals surface area contributed by atoms with Gasteiger partial charge in [0, 0.05) is 29.5 Å². The lowest BCUT2D eigenvalue weighted by Crippen LogP contribution is -2.25. The molecule has 24 heavy (non-hydrogen) atoms. The standard InChI is InChI=1S/C19H15N3OS/c20-12-14-5-4-8-16(11-14)17-13-24-18(22-17)9-10-21-19(23)15-6-2-1-3-7-15/h1-8,11,13H,9-10H2,(H,21,23). The Kier molecular flexibility index (Phi) is 4.99. The molecule has 0 aliphatic carbocycles. The van der Waals surface area contributed by atoms with Gasteiger partial charge in [-0.1, -0.05) is 30.3 Å². The van der Waals surface area contributed by atoms with Crippen molar-refractivity contribution >= 4 is 17.2 Å². The van der Waals surface area contributed by atoms with Crippen LogP contribution in [0.25, 0.3) is 11.3 Å². The molecule has 0 saturated heterocycles. The summed E-state index contributed by atoms with van der Waals surface area (Å²) in [6.07, 6.45) is 0.682. The lowest BCUT2D eigenvalue weighted by molar-refractivity contribution is 0.0954. The Hall–Kier alpha value is -2.97. The molecule has 0 saturated carbocycles. The first-order valence-corrected chi connectivity index (χ1v) is 8.42. The monoisotopic (exact) mass is 333 g/mol. The second-order valence-corrected chi connectivity index (χ2v) is 6.13. The van der Waals surface area contributed by atoms with Gasteiger partial charge < -0.3 is 5.32 Å². The summed E-state index contributed by atoms with van der Waals surface area (Å²) in [5.41, 5.74) is 3.08. The maximum Gasteiger partial charge on any atom is 0.251 e. The molecular formula is C19H15N3OS. The van der Waals surface area contributed by atoms with E-state index in [2.05, 4.69) is 16.4 Å². The minimum Gasteiger partial charge on any atom is -0.352 e. The number of hydrogen-bond donors (Lipinski definition) is 1. The van der Waals surface area contributed by atoms with Crippen LogP contribution in [0, 0.1) is 11.3 Å². The Balaban J connectivity index is 1.58. The average Bonchev–Trinajstić information content (AvgIpc) is 3.11. The van der Waals surface area contributed by atoms with Crippen molar-refractivity contribution in [1.82, 2.24) is 10.3 Å². The van der Waals surface area contributed by atoms with E-state index in [1.807, 2.05) is 41.8 Å². The number of hydrogen-bond acceptors (Lipinski definition) is 4. The fraction of sp³-hybridized carbons (Fsp3) is 0.105. The predicted octanol–water partition coefficient (Wildman–Crippen LogP) is 3.65. The van der Waals surface area contributed by atoms with E-state index >= 15 is 0 Å². The Bertz CT molecular complexity index is 881. The SMILES string of the molecule is N#Cc1cccc(-c2csc(CCNC(=O)c3ccccc3)n2)c1. The van der Waals surface area contributed by atoms with Crippen molar-refractivity contribution in [1.29, 1.82) is 5.26 Å². The molecule has 1 aromatic heterocycles. The number of nitrogens with zero attached hydrogens (tertiary/aromatic N) is 2. The normalized spacial score (nSPS) is 10.1. The maximum absolute atomic E-state index is 12.0. The van der Waals surface area contributed by atoms with Gasteiger partial charge in [0.05, 0.1) is 22.3 Å². The maximum atomic E-state index is 12.0. The van der Waals surface area contributed by atoms with Crippen molar-refractivity contribution in [2.45, 2.75) is 6.42 Å². The van der Waals surface area contributed by atoms with Gasteiger partial charge in [0.15, 0.2) is 0 Å². The topological polar surface area (TPSA) is 65.8 Å². The van der Waals surface area contributed by atoms with E-state index in [-0.39, 0.29) is 5.91 Å². The van der Waals surface area contributed by atoms with E-state index < -0.39 is 0 Å². The highest BCUT2D eigenvalue weighted by atomic mass is 32.1. The molecule has 0 fully saturated rings. The number of nitriles is 1. The Morgan fingerprint density at radius 3 is 2.79 bits per heavy atom. The van der Waals surface area contributed by atoms with E-state index in [4.69, 9.17) is 5.26 Å². The van der Waals surface area contributed by atoms with Crippen LogP contribution in [-0.2, 0) is 6.42 Å². The molecule has 1 amide bonds. The molecule has 0 bridgehead atoms. The smallest absolute Gasteiger partial charge is 0.251 e. The molecule has 0 unspecified atom stereocenters. The number of carbonyl (C=O) groups excluding carboxylic acids is 1. The zero-order valence-corrected chi connectivity index (χ0v) is 13.7. The highest BCUT2D eigenvalue weighted by Gasteiger charge is 2.07. The number of carbonyl (C=O) groups is 1. The molecule has 0 aliphatic heterocycles. The first kappa shape index (κ1) is 15.9. The third-order valence-corrected chi connectivity index (χ3v) is 4.41. The third kappa shape index (κ3) is 3.86. The van der Waals surface area contributed by atoms with Crippen molar-refractivity contribution in [2.75, 3.05) is 6.54 Å². The molecule has 0 spiro atoms. The largest absolute Gasteiger partial charge is 0.352 e. The summed E-state index contributed by atoms with van der Waals surface area (Å²) in [4.78, 5) is 16.6. The van der Waals surface area contributed by atoms with E-state index in [0.717, 1.165) is 16.3 Å². The van der Waals surface area contributed by atoms with E-state index in [1.165, 1.54) is 0 Å². The molecule has 1 heterocycles. The molecule has 1 N–H and O–H groups in total. The van der Waals surface area contributed by atoms with Crippen LogP contribution < -0.4 is 5.32 Å². The molecule has 4 nitrogen and oxygen atoms in total. The van der Waals surface area contributed by atoms with Crippen LogP contribution in [0.2, 0.25) is 0 Å². The summed E-state index contributed by atoms with van der Waals surface area (Å²) in [7, 11) is 0. The first-order chi connectivity index (χ1) is 11.8. The van der Waals surface area contributed by atoms with Crippen molar-refractivity contribution in [3.63, 3.8) is 0 Å². The van der Waals surface area contributed by atoms with Gasteiger partial charge in [-0.3, -0.25) is 4.79 Å². The number of benzene rings is 2. The lowest BCUT2D eigenvalue weighted by atomic mass is 10.1. The highest BCUT2D eigenvalue weighted by Crippen LogP contribution is 2.22. The minimum absolute atomic E-state index is 0.0749. The number of rotatable bonds is 5. The molecule has 3 rings (SSSR count). The molecule has 5 heteroatoms. The zero-order chi connectivity index (χ0) is 16.8. The van der Waals surface area contributed by atoms with Gasteiger partial charge in [-0.05, 0) is 24.3 Å². The van der Waals surface area contributed by atoms with Gasteiger partial charge in [-0.2, -0.15) is 5.26 Å². The highest BCUT2D eigenvalue weighted by molar-refractivity contribution is 7.09. The lowest BCUT2D eigenvalue weighted by Gasteiger charge is -2.03. The fourth-order valence-corrected chi connectivity index (χ4v) is 3.09. The van der Waals surface area contributed by atoms with Crippen molar-refractivity contribution < 1.29 is 4.79 Å². The summed E-state index contributed by atoms with van der Waals surface area (Å²) in [6, 6.07) is 18.7. The van der Waals surface area contributed by atoms with Crippen LogP contribution in [-0.4, -0.2) is 17.4 Å². The molecule has 0 atom stereocenters. The van der Waals surface area contributed by atoms with Gasteiger partial charge in [0.2, 0.25) is 0 Å². The Labute approximate surface area is 144 Å². The minimum atomic E-state index is -0.0749. The predicted molar refractivity (Wildman–Crippen MR) is 94.7 cm³/mol. The molecular weight excluding hydrogens is 318 g/mol. The number of aromatic nitrogens is 1. The second-order valence-electron chi connectivity index (χ2n) is 5.19. The van der Waals surface area contributed by atoms with Crippen LogP contribution in [0.4, 0.5) is 0 Å². The summed E-state index contributed by atoms with van der Waals surface area (Å²) in [6.45, 7) is 0.541. The number of thiazole rings is 1. The van der Waals surface area contributed by atoms with Gasteiger partial charge in [0.25, 0.3) is 5.91 Å². The van der Waals surface area contributed by atoms with Crippen LogP contribution in [0.15, 0.2) is 60.0 Å². The van der Waals surface area contributed by atoms with Gasteiger partial charge in [-0.25, -0.2) is 4.98 Å². The van der Waals surface area contributed by atoms with Gasteiger partial charge >= 0.3 is 0 Å². The van der Waals surface area contributed by atoms with E-state index in [0.29, 0.717) is 24.1 Å². The van der Waals surface area contributed by atoms with Gasteiger partial charge in [-0.15, -0.1) is 11.3 Å². The second kappa shape index (κ2) is 7.53. The summed E-state index contributed by atoms with van der Waals surface area (Å²) in [5, 5.41) is 14.8. The van der Waals surface area contributed by atoms with Crippen LogP contribution in [0.1, 0.15) is 20.9 Å². The number of nitrogens with one attached hydrogen (secondary N) is 1. The fourth-order valence-electron chi connectivity index (χ4n) is 2.28. The van der Waals surface area contributed by atoms with Crippen LogP contribution in [0.3, 0.4) is 0 Å². The van der Waals surface area contributed by atoms with E-state index in [1.54, 1.807) is 29.5 Å². The average molecular weight is 333 g/mol. The zero-order valence-electron chi connectivity index (χ0n) is 12.9. The summed E-state index contributed by atoms with van der Waals surface area (Å²) >= 11 is 1.56. The molecule has 2 aromatic carbocycles. The quantitative estimate of drug-likeness (QED) is 0.775. The van der Waals surface area contributed by atoms with Crippen molar-refractivity contribution in [3.8, 4) is 17.3 Å². The van der Waals surface area contributed by atoms with Crippen LogP contribution >= 0.6 is 11.3 Å². The van der Waals surface area contributed by atoms with Crippen molar-refractivity contribution in [2.24, 2.45) is 0 Å². The van der Waals surface area contributed by atoms with Crippen LogP contribution in [0.5, 0.6) is 0 Å². The molecule has 3 aromatic rings. The molecule has 0 radical (unpaired) electrons. The first-order valence-electron chi connectivity index (χ1n) is 7.54. The van der Waals surface area contributed by atoms with Gasteiger partial charge in [0.1, 0.15) is 0 Å². The van der Waals surface area contributed by atoms with Crippen molar-refractivity contribution in [3.05, 3.63) is 76.1 Å². The number of amides is 1. The third-order valence-electron chi connectivity index (χ3n) is 3.50. The summed E-state index contributed by atoms with van der Waals surface area (Å²) in [5.74, 6) is -0.0749. The molecule has 118 valence electrons. The summed E-state index contributed by atoms with van der Waals surface area (Å²) < 4.78 is 0. The Morgan fingerprint density at radius 1 is 1.17 bits per heavy atom. The Morgan fingerprint density at radius 2 is 2.00 bits per heavy atom. The van der Waals surface area contributed by atoms with E-state index in [9.17, 15) is 4.79 Å².